The van der Waals surface area contributed by atoms with Crippen molar-refractivity contribution in [2.45, 2.75) is 50.8 Å². The van der Waals surface area contributed by atoms with E-state index < -0.39 is 27.8 Å². The normalized spacial score (nSPS) is 12.0. The Hall–Kier alpha value is -3.96. The van der Waals surface area contributed by atoms with Crippen molar-refractivity contribution in [1.29, 1.82) is 0 Å². The van der Waals surface area contributed by atoms with Gasteiger partial charge in [-0.3, -0.25) is 14.3 Å². The van der Waals surface area contributed by atoms with Gasteiger partial charge in [-0.1, -0.05) is 30.3 Å². The van der Waals surface area contributed by atoms with Gasteiger partial charge in [0.05, 0.1) is 11.0 Å². The quantitative estimate of drug-likeness (QED) is 0.256. The highest BCUT2D eigenvalue weighted by molar-refractivity contribution is 7.92. The predicted octanol–water partition coefficient (Wildman–Crippen LogP) is 4.35. The summed E-state index contributed by atoms with van der Waals surface area (Å²) in [6.07, 6.45) is 0.764. The van der Waals surface area contributed by atoms with Crippen LogP contribution in [-0.4, -0.2) is 57.0 Å². The van der Waals surface area contributed by atoms with E-state index in [9.17, 15) is 22.4 Å². The molecular formula is C30H36FN3O6S. The first-order chi connectivity index (χ1) is 19.5. The second-order valence-corrected chi connectivity index (χ2v) is 11.3. The summed E-state index contributed by atoms with van der Waals surface area (Å²) in [6, 6.07) is 19.0. The minimum Gasteiger partial charge on any atom is -0.484 e. The molecule has 0 aromatic heterocycles. The number of hydrogen-bond donors (Lipinski definition) is 2. The van der Waals surface area contributed by atoms with Crippen LogP contribution in [0.4, 0.5) is 10.1 Å². The number of hydrogen-bond acceptors (Lipinski definition) is 6. The summed E-state index contributed by atoms with van der Waals surface area (Å²) in [6.45, 7) is 6.35. The monoisotopic (exact) mass is 585 g/mol. The summed E-state index contributed by atoms with van der Waals surface area (Å²) in [4.78, 5) is 27.5. The van der Waals surface area contributed by atoms with Gasteiger partial charge >= 0.3 is 0 Å². The zero-order valence-corrected chi connectivity index (χ0v) is 24.2. The summed E-state index contributed by atoms with van der Waals surface area (Å²) < 4.78 is 52.0. The lowest BCUT2D eigenvalue weighted by molar-refractivity contribution is -0.142. The Bertz CT molecular complexity index is 1370. The fourth-order valence-corrected chi connectivity index (χ4v) is 4.85. The average Bonchev–Trinajstić information content (AvgIpc) is 2.95. The molecule has 0 radical (unpaired) electrons. The van der Waals surface area contributed by atoms with Crippen molar-refractivity contribution in [1.82, 2.24) is 10.2 Å². The van der Waals surface area contributed by atoms with Gasteiger partial charge < -0.3 is 19.7 Å². The fourth-order valence-electron chi connectivity index (χ4n) is 3.79. The van der Waals surface area contributed by atoms with E-state index in [0.717, 1.165) is 17.7 Å². The lowest BCUT2D eigenvalue weighted by Crippen LogP contribution is -2.49. The Balaban J connectivity index is 1.62. The van der Waals surface area contributed by atoms with E-state index in [4.69, 9.17) is 9.47 Å². The summed E-state index contributed by atoms with van der Waals surface area (Å²) in [5, 5.41) is 2.86. The number of anilines is 1. The molecule has 0 aliphatic heterocycles. The molecule has 3 aromatic carbocycles. The molecule has 0 fully saturated rings. The number of ether oxygens (including phenoxy) is 2. The van der Waals surface area contributed by atoms with Gasteiger partial charge in [0, 0.05) is 25.4 Å². The number of halogens is 1. The van der Waals surface area contributed by atoms with Crippen LogP contribution in [-0.2, 0) is 30.9 Å². The van der Waals surface area contributed by atoms with Crippen LogP contribution in [0.3, 0.4) is 0 Å². The van der Waals surface area contributed by atoms with Gasteiger partial charge in [0.25, 0.3) is 15.9 Å². The van der Waals surface area contributed by atoms with Gasteiger partial charge in [0.1, 0.15) is 17.6 Å². The lowest BCUT2D eigenvalue weighted by atomic mass is 10.1. The minimum absolute atomic E-state index is 0.0321. The highest BCUT2D eigenvalue weighted by Gasteiger charge is 2.26. The first-order valence-electron chi connectivity index (χ1n) is 13.3. The van der Waals surface area contributed by atoms with Crippen LogP contribution in [0.5, 0.6) is 5.75 Å². The number of nitrogens with zero attached hydrogens (tertiary/aromatic N) is 1. The van der Waals surface area contributed by atoms with E-state index in [2.05, 4.69) is 10.0 Å². The van der Waals surface area contributed by atoms with E-state index in [0.29, 0.717) is 19.6 Å². The number of amides is 2. The van der Waals surface area contributed by atoms with Crippen LogP contribution in [0.1, 0.15) is 32.8 Å². The molecule has 2 amide bonds. The molecule has 0 saturated carbocycles. The van der Waals surface area contributed by atoms with Crippen LogP contribution >= 0.6 is 0 Å². The van der Waals surface area contributed by atoms with Crippen LogP contribution in [0.25, 0.3) is 0 Å². The van der Waals surface area contributed by atoms with Crippen LogP contribution in [0.15, 0.2) is 83.8 Å². The molecule has 220 valence electrons. The third kappa shape index (κ3) is 10.2. The third-order valence-electron chi connectivity index (χ3n) is 6.03. The van der Waals surface area contributed by atoms with E-state index in [-0.39, 0.29) is 41.5 Å². The van der Waals surface area contributed by atoms with Gasteiger partial charge in [-0.2, -0.15) is 0 Å². The number of carbonyl (C=O) groups excluding carboxylic acids is 2. The first kappa shape index (κ1) is 31.6. The molecule has 1 unspecified atom stereocenters. The van der Waals surface area contributed by atoms with Crippen molar-refractivity contribution in [3.05, 3.63) is 90.2 Å². The molecule has 3 aromatic rings. The van der Waals surface area contributed by atoms with Crippen LogP contribution in [0, 0.1) is 5.82 Å². The van der Waals surface area contributed by atoms with Gasteiger partial charge in [0.2, 0.25) is 5.91 Å². The van der Waals surface area contributed by atoms with E-state index >= 15 is 0 Å². The smallest absolute Gasteiger partial charge is 0.261 e. The molecule has 1 atom stereocenters. The molecule has 0 spiro atoms. The van der Waals surface area contributed by atoms with E-state index in [1.165, 1.54) is 41.3 Å². The van der Waals surface area contributed by atoms with Crippen molar-refractivity contribution in [3.8, 4) is 5.75 Å². The molecule has 0 aliphatic rings. The zero-order chi connectivity index (χ0) is 29.8. The highest BCUT2D eigenvalue weighted by Crippen LogP contribution is 2.20. The maximum absolute atomic E-state index is 13.2. The number of benzene rings is 3. The molecule has 11 heteroatoms. The number of rotatable bonds is 15. The number of sulfonamides is 1. The topological polar surface area (TPSA) is 114 Å². The first-order valence-corrected chi connectivity index (χ1v) is 14.8. The van der Waals surface area contributed by atoms with Crippen molar-refractivity contribution in [3.63, 3.8) is 0 Å². The second kappa shape index (κ2) is 15.2. The Morgan fingerprint density at radius 2 is 1.59 bits per heavy atom. The van der Waals surface area contributed by atoms with Crippen LogP contribution < -0.4 is 14.8 Å². The standard InChI is InChI=1S/C30H36FN3O6S/c1-22(2)39-19-7-18-32-30(36)23(3)34(20-24-8-5-4-6-9-24)29(35)21-40-27-14-16-28(17-15-27)41(37,38)33-26-12-10-25(31)11-13-26/h4-6,8-17,22-23,33H,7,18-21H2,1-3H3,(H,32,36). The minimum atomic E-state index is -3.91. The second-order valence-electron chi connectivity index (χ2n) is 9.62. The van der Waals surface area contributed by atoms with Crippen molar-refractivity contribution >= 4 is 27.5 Å². The van der Waals surface area contributed by atoms with Crippen molar-refractivity contribution in [2.75, 3.05) is 24.5 Å². The van der Waals surface area contributed by atoms with Crippen molar-refractivity contribution in [2.24, 2.45) is 0 Å². The largest absolute Gasteiger partial charge is 0.484 e. The van der Waals surface area contributed by atoms with Crippen LogP contribution in [0.2, 0.25) is 0 Å². The molecular weight excluding hydrogens is 549 g/mol. The maximum atomic E-state index is 13.2. The summed E-state index contributed by atoms with van der Waals surface area (Å²) >= 11 is 0. The molecule has 3 rings (SSSR count). The van der Waals surface area contributed by atoms with Gasteiger partial charge in [-0.15, -0.1) is 0 Å². The summed E-state index contributed by atoms with van der Waals surface area (Å²) in [5.41, 5.74) is 1.08. The van der Waals surface area contributed by atoms with Gasteiger partial charge in [-0.05, 0) is 81.3 Å². The molecule has 41 heavy (non-hydrogen) atoms. The van der Waals surface area contributed by atoms with E-state index in [1.54, 1.807) is 6.92 Å². The summed E-state index contributed by atoms with van der Waals surface area (Å²) in [5.74, 6) is -0.897. The van der Waals surface area contributed by atoms with Crippen molar-refractivity contribution < 1.29 is 31.9 Å². The number of carbonyl (C=O) groups is 2. The molecule has 0 bridgehead atoms. The average molecular weight is 586 g/mol. The Kier molecular flexibility index (Phi) is 11.7. The molecule has 2 N–H and O–H groups in total. The summed E-state index contributed by atoms with van der Waals surface area (Å²) in [7, 11) is -3.91. The SMILES string of the molecule is CC(C)OCCCNC(=O)C(C)N(Cc1ccccc1)C(=O)COc1ccc(S(=O)(=O)Nc2ccc(F)cc2)cc1. The van der Waals surface area contributed by atoms with E-state index in [1.807, 2.05) is 44.2 Å². The molecule has 0 saturated heterocycles. The predicted molar refractivity (Wildman–Crippen MR) is 154 cm³/mol. The Morgan fingerprint density at radius 3 is 2.22 bits per heavy atom. The molecule has 9 nitrogen and oxygen atoms in total. The fraction of sp³-hybridized carbons (Fsp3) is 0.333. The molecule has 0 heterocycles. The maximum Gasteiger partial charge on any atom is 0.261 e. The zero-order valence-electron chi connectivity index (χ0n) is 23.4. The number of nitrogens with one attached hydrogen (secondary N) is 2. The third-order valence-corrected chi connectivity index (χ3v) is 7.42. The Labute approximate surface area is 240 Å². The van der Waals surface area contributed by atoms with Gasteiger partial charge in [-0.25, -0.2) is 12.8 Å². The lowest BCUT2D eigenvalue weighted by Gasteiger charge is -2.28. The molecule has 0 aliphatic carbocycles. The highest BCUT2D eigenvalue weighted by atomic mass is 32.2. The van der Waals surface area contributed by atoms with Gasteiger partial charge in [0.15, 0.2) is 6.61 Å². The Morgan fingerprint density at radius 1 is 0.927 bits per heavy atom.